The Morgan fingerprint density at radius 2 is 1.86 bits per heavy atom. The highest BCUT2D eigenvalue weighted by atomic mass is 79.9. The van der Waals surface area contributed by atoms with Crippen molar-refractivity contribution in [1.82, 2.24) is 9.78 Å². The average Bonchev–Trinajstić information content (AvgIpc) is 3.46. The van der Waals surface area contributed by atoms with Gasteiger partial charge in [0, 0.05) is 12.1 Å². The summed E-state index contributed by atoms with van der Waals surface area (Å²) in [6.45, 7) is 0.0351. The highest BCUT2D eigenvalue weighted by Gasteiger charge is 2.21. The number of aromatic nitrogens is 2. The van der Waals surface area contributed by atoms with E-state index in [1.165, 1.54) is 48.3 Å². The van der Waals surface area contributed by atoms with Crippen molar-refractivity contribution >= 4 is 39.0 Å². The first kappa shape index (κ1) is 24.4. The molecule has 0 atom stereocenters. The van der Waals surface area contributed by atoms with E-state index in [9.17, 15) is 25.0 Å². The molecular weight excluding hydrogens is 542 g/mol. The van der Waals surface area contributed by atoms with Crippen LogP contribution in [0.2, 0.25) is 0 Å². The van der Waals surface area contributed by atoms with Gasteiger partial charge in [0.05, 0.1) is 35.1 Å². The summed E-state index contributed by atoms with van der Waals surface area (Å²) in [7, 11) is 1.46. The number of halogens is 1. The van der Waals surface area contributed by atoms with Gasteiger partial charge in [-0.05, 0) is 45.1 Å². The minimum atomic E-state index is -0.669. The van der Waals surface area contributed by atoms with E-state index in [2.05, 4.69) is 26.3 Å². The zero-order valence-electron chi connectivity index (χ0n) is 18.4. The monoisotopic (exact) mass is 557 g/mol. The number of furan rings is 1. The molecule has 4 aromatic rings. The van der Waals surface area contributed by atoms with Crippen LogP contribution in [0, 0.1) is 20.2 Å². The van der Waals surface area contributed by atoms with Crippen LogP contribution in [0.3, 0.4) is 0 Å². The van der Waals surface area contributed by atoms with Gasteiger partial charge in [-0.2, -0.15) is 4.68 Å². The number of nitro benzene ring substituents is 1. The van der Waals surface area contributed by atoms with E-state index in [1.54, 1.807) is 24.3 Å². The lowest BCUT2D eigenvalue weighted by atomic mass is 10.2. The van der Waals surface area contributed by atoms with Crippen LogP contribution in [-0.2, 0) is 6.54 Å². The maximum Gasteiger partial charge on any atom is 0.404 e. The number of nitrogens with zero attached hydrogens (tertiary/aromatic N) is 4. The number of hydrogen-bond donors (Lipinski definition) is 1. The van der Waals surface area contributed by atoms with Gasteiger partial charge in [0.1, 0.15) is 22.5 Å². The molecule has 2 heterocycles. The molecule has 0 fully saturated rings. The van der Waals surface area contributed by atoms with Crippen molar-refractivity contribution in [3.05, 3.63) is 97.0 Å². The SMILES string of the molecule is COc1ccccc1Oc1cc(NC(=O)c2ccc(Cn3cc(Br)c([N+](=O)[O-])n3)o2)cc([N+](=O)[O-])c1. The molecular formula is C22H16BrN5O8. The molecule has 2 aromatic carbocycles. The number of carbonyl (C=O) groups is 1. The molecule has 0 spiro atoms. The van der Waals surface area contributed by atoms with Crippen LogP contribution in [-0.4, -0.2) is 32.6 Å². The van der Waals surface area contributed by atoms with E-state index in [-0.39, 0.29) is 39.7 Å². The molecule has 0 aliphatic carbocycles. The Kier molecular flexibility index (Phi) is 6.96. The molecule has 36 heavy (non-hydrogen) atoms. The number of anilines is 1. The van der Waals surface area contributed by atoms with Crippen LogP contribution >= 0.6 is 15.9 Å². The van der Waals surface area contributed by atoms with Gasteiger partial charge in [0.25, 0.3) is 11.6 Å². The molecule has 184 valence electrons. The predicted octanol–water partition coefficient (Wildman–Crippen LogP) is 5.16. The third-order valence-electron chi connectivity index (χ3n) is 4.73. The predicted molar refractivity (Wildman–Crippen MR) is 129 cm³/mol. The number of nitro groups is 2. The number of methoxy groups -OCH3 is 1. The standard InChI is InChI=1S/C22H16BrN5O8/c1-34-18-4-2-3-5-19(18)36-16-9-13(8-14(10-16)27(30)31)24-22(29)20-7-6-15(35-20)11-26-12-17(23)21(25-26)28(32)33/h2-10,12H,11H2,1H3,(H,24,29). The summed E-state index contributed by atoms with van der Waals surface area (Å²) in [4.78, 5) is 33.8. The molecule has 0 unspecified atom stereocenters. The normalized spacial score (nSPS) is 10.6. The number of ether oxygens (including phenoxy) is 2. The Labute approximate surface area is 210 Å². The summed E-state index contributed by atoms with van der Waals surface area (Å²) in [5, 5.41) is 28.7. The number of para-hydroxylation sites is 2. The van der Waals surface area contributed by atoms with Crippen molar-refractivity contribution in [2.24, 2.45) is 0 Å². The second-order valence-corrected chi connectivity index (χ2v) is 8.06. The number of nitrogens with one attached hydrogen (secondary N) is 1. The third kappa shape index (κ3) is 5.50. The van der Waals surface area contributed by atoms with Crippen LogP contribution in [0.15, 0.2) is 69.7 Å². The lowest BCUT2D eigenvalue weighted by molar-refractivity contribution is -0.390. The molecule has 1 N–H and O–H groups in total. The molecule has 0 saturated carbocycles. The molecule has 0 aliphatic heterocycles. The highest BCUT2D eigenvalue weighted by molar-refractivity contribution is 9.10. The second-order valence-electron chi connectivity index (χ2n) is 7.20. The summed E-state index contributed by atoms with van der Waals surface area (Å²) >= 11 is 3.06. The van der Waals surface area contributed by atoms with E-state index in [4.69, 9.17) is 13.9 Å². The highest BCUT2D eigenvalue weighted by Crippen LogP contribution is 2.34. The van der Waals surface area contributed by atoms with Crippen molar-refractivity contribution in [3.63, 3.8) is 0 Å². The molecule has 14 heteroatoms. The maximum absolute atomic E-state index is 12.7. The lowest BCUT2D eigenvalue weighted by Crippen LogP contribution is -2.11. The second kappa shape index (κ2) is 10.3. The largest absolute Gasteiger partial charge is 0.493 e. The Balaban J connectivity index is 1.52. The zero-order valence-corrected chi connectivity index (χ0v) is 20.0. The van der Waals surface area contributed by atoms with Crippen molar-refractivity contribution in [1.29, 1.82) is 0 Å². The van der Waals surface area contributed by atoms with E-state index in [0.717, 1.165) is 0 Å². The lowest BCUT2D eigenvalue weighted by Gasteiger charge is -2.11. The molecule has 2 aromatic heterocycles. The van der Waals surface area contributed by atoms with Crippen LogP contribution in [0.5, 0.6) is 17.2 Å². The van der Waals surface area contributed by atoms with E-state index in [0.29, 0.717) is 17.3 Å². The van der Waals surface area contributed by atoms with Gasteiger partial charge in [0.2, 0.25) is 0 Å². The van der Waals surface area contributed by atoms with Gasteiger partial charge >= 0.3 is 5.82 Å². The third-order valence-corrected chi connectivity index (χ3v) is 5.29. The maximum atomic E-state index is 12.7. The fraction of sp³-hybridized carbons (Fsp3) is 0.0909. The number of benzene rings is 2. The number of rotatable bonds is 9. The van der Waals surface area contributed by atoms with Gasteiger partial charge in [0.15, 0.2) is 17.3 Å². The van der Waals surface area contributed by atoms with E-state index in [1.807, 2.05) is 0 Å². The molecule has 13 nitrogen and oxygen atoms in total. The minimum Gasteiger partial charge on any atom is -0.493 e. The molecule has 4 rings (SSSR count). The number of amides is 1. The van der Waals surface area contributed by atoms with Crippen molar-refractivity contribution in [3.8, 4) is 17.2 Å². The molecule has 0 aliphatic rings. The summed E-state index contributed by atoms with van der Waals surface area (Å²) in [6.07, 6.45) is 1.41. The van der Waals surface area contributed by atoms with E-state index >= 15 is 0 Å². The van der Waals surface area contributed by atoms with Gasteiger partial charge in [-0.1, -0.05) is 12.1 Å². The Hall–Kier alpha value is -4.72. The smallest absolute Gasteiger partial charge is 0.404 e. The molecule has 0 radical (unpaired) electrons. The van der Waals surface area contributed by atoms with Gasteiger partial charge in [-0.15, -0.1) is 0 Å². The van der Waals surface area contributed by atoms with Crippen LogP contribution in [0.25, 0.3) is 0 Å². The number of hydrogen-bond acceptors (Lipinski definition) is 9. The minimum absolute atomic E-state index is 0.0351. The summed E-state index contributed by atoms with van der Waals surface area (Å²) < 4.78 is 18.0. The van der Waals surface area contributed by atoms with Crippen LogP contribution in [0.4, 0.5) is 17.2 Å². The van der Waals surface area contributed by atoms with Crippen LogP contribution < -0.4 is 14.8 Å². The van der Waals surface area contributed by atoms with E-state index < -0.39 is 15.8 Å². The Morgan fingerprint density at radius 3 is 2.53 bits per heavy atom. The first-order chi connectivity index (χ1) is 17.2. The van der Waals surface area contributed by atoms with Crippen LogP contribution in [0.1, 0.15) is 16.3 Å². The fourth-order valence-electron chi connectivity index (χ4n) is 3.18. The Bertz CT molecular complexity index is 1460. The van der Waals surface area contributed by atoms with Gasteiger partial charge in [-0.3, -0.25) is 14.9 Å². The molecule has 0 bridgehead atoms. The summed E-state index contributed by atoms with van der Waals surface area (Å²) in [6, 6.07) is 13.5. The average molecular weight is 558 g/mol. The van der Waals surface area contributed by atoms with Crippen molar-refractivity contribution in [2.45, 2.75) is 6.54 Å². The van der Waals surface area contributed by atoms with Gasteiger partial charge < -0.3 is 29.3 Å². The fourth-order valence-corrected chi connectivity index (χ4v) is 3.64. The number of non-ortho nitro benzene ring substituents is 1. The molecule has 1 amide bonds. The first-order valence-corrected chi connectivity index (χ1v) is 10.9. The summed E-state index contributed by atoms with van der Waals surface area (Å²) in [5.41, 5.74) is -0.202. The Morgan fingerprint density at radius 1 is 1.11 bits per heavy atom. The zero-order chi connectivity index (χ0) is 25.8. The first-order valence-electron chi connectivity index (χ1n) is 10.1. The summed E-state index contributed by atoms with van der Waals surface area (Å²) in [5.74, 6) is 0.0730. The van der Waals surface area contributed by atoms with Crippen molar-refractivity contribution < 1.29 is 28.5 Å². The quantitative estimate of drug-likeness (QED) is 0.216. The topological polar surface area (TPSA) is 165 Å². The number of carbonyl (C=O) groups excluding carboxylic acids is 1. The van der Waals surface area contributed by atoms with Crippen molar-refractivity contribution in [2.75, 3.05) is 12.4 Å². The van der Waals surface area contributed by atoms with Gasteiger partial charge in [-0.25, -0.2) is 0 Å². The molecule has 0 saturated heterocycles.